The van der Waals surface area contributed by atoms with Gasteiger partial charge in [-0.2, -0.15) is 0 Å². The first kappa shape index (κ1) is 16.6. The summed E-state index contributed by atoms with van der Waals surface area (Å²) in [5, 5.41) is 0.785. The van der Waals surface area contributed by atoms with E-state index in [4.69, 9.17) is 19.6 Å². The predicted octanol–water partition coefficient (Wildman–Crippen LogP) is 2.75. The molecule has 0 saturated heterocycles. The molecule has 6 nitrogen and oxygen atoms in total. The van der Waals surface area contributed by atoms with E-state index < -0.39 is 18.0 Å². The predicted molar refractivity (Wildman–Crippen MR) is 90.9 cm³/mol. The van der Waals surface area contributed by atoms with Crippen molar-refractivity contribution in [3.05, 3.63) is 65.9 Å². The first-order chi connectivity index (χ1) is 12.1. The topological polar surface area (TPSA) is 91.8 Å². The molecule has 25 heavy (non-hydrogen) atoms. The summed E-state index contributed by atoms with van der Waals surface area (Å²) in [4.78, 5) is 23.9. The lowest BCUT2D eigenvalue weighted by Gasteiger charge is -2.14. The van der Waals surface area contributed by atoms with Crippen LogP contribution in [0.3, 0.4) is 0 Å². The average Bonchev–Trinajstić information content (AvgIpc) is 3.02. The zero-order chi connectivity index (χ0) is 17.8. The van der Waals surface area contributed by atoms with Crippen molar-refractivity contribution in [3.8, 4) is 5.75 Å². The Morgan fingerprint density at radius 3 is 2.60 bits per heavy atom. The second-order valence-corrected chi connectivity index (χ2v) is 5.48. The van der Waals surface area contributed by atoms with Gasteiger partial charge < -0.3 is 19.6 Å². The zero-order valence-corrected chi connectivity index (χ0v) is 13.6. The monoisotopic (exact) mass is 339 g/mol. The SMILES string of the molecule is COc1ccc2c(CC(=O)OC(C(N)=O)c3ccccc3)coc2c1. The molecular weight excluding hydrogens is 322 g/mol. The number of furan rings is 1. The van der Waals surface area contributed by atoms with Crippen LogP contribution in [-0.2, 0) is 20.7 Å². The Balaban J connectivity index is 1.76. The quantitative estimate of drug-likeness (QED) is 0.697. The minimum Gasteiger partial charge on any atom is -0.497 e. The second-order valence-electron chi connectivity index (χ2n) is 5.48. The normalized spacial score (nSPS) is 11.9. The Kier molecular flexibility index (Phi) is 4.70. The van der Waals surface area contributed by atoms with Crippen LogP contribution in [0.1, 0.15) is 17.2 Å². The molecule has 128 valence electrons. The largest absolute Gasteiger partial charge is 0.497 e. The van der Waals surface area contributed by atoms with E-state index in [0.29, 0.717) is 22.5 Å². The Bertz CT molecular complexity index is 901. The number of methoxy groups -OCH3 is 1. The Morgan fingerprint density at radius 1 is 1.16 bits per heavy atom. The first-order valence-electron chi connectivity index (χ1n) is 7.66. The van der Waals surface area contributed by atoms with E-state index in [9.17, 15) is 9.59 Å². The Labute approximate surface area is 144 Å². The van der Waals surface area contributed by atoms with Crippen LogP contribution < -0.4 is 10.5 Å². The van der Waals surface area contributed by atoms with Gasteiger partial charge in [0.1, 0.15) is 11.3 Å². The van der Waals surface area contributed by atoms with Gasteiger partial charge in [0.25, 0.3) is 5.91 Å². The second kappa shape index (κ2) is 7.09. The highest BCUT2D eigenvalue weighted by atomic mass is 16.5. The molecule has 1 heterocycles. The lowest BCUT2D eigenvalue weighted by atomic mass is 10.1. The van der Waals surface area contributed by atoms with Crippen LogP contribution in [0, 0.1) is 0 Å². The van der Waals surface area contributed by atoms with E-state index >= 15 is 0 Å². The van der Waals surface area contributed by atoms with Crippen LogP contribution >= 0.6 is 0 Å². The van der Waals surface area contributed by atoms with Gasteiger partial charge in [-0.05, 0) is 12.1 Å². The van der Waals surface area contributed by atoms with Crippen molar-refractivity contribution < 1.29 is 23.5 Å². The molecule has 3 aromatic rings. The standard InChI is InChI=1S/C19H17NO5/c1-23-14-7-8-15-13(11-24-16(15)10-14)9-17(21)25-18(19(20)22)12-5-3-2-4-6-12/h2-8,10-11,18H,9H2,1H3,(H2,20,22). The van der Waals surface area contributed by atoms with Crippen molar-refractivity contribution in [3.63, 3.8) is 0 Å². The summed E-state index contributed by atoms with van der Waals surface area (Å²) < 4.78 is 15.9. The number of esters is 1. The molecule has 0 saturated carbocycles. The van der Waals surface area contributed by atoms with Crippen molar-refractivity contribution >= 4 is 22.8 Å². The van der Waals surface area contributed by atoms with Gasteiger partial charge >= 0.3 is 5.97 Å². The molecule has 1 amide bonds. The molecule has 0 bridgehead atoms. The highest BCUT2D eigenvalue weighted by molar-refractivity contribution is 5.88. The summed E-state index contributed by atoms with van der Waals surface area (Å²) >= 11 is 0. The maximum Gasteiger partial charge on any atom is 0.311 e. The molecule has 6 heteroatoms. The van der Waals surface area contributed by atoms with Crippen molar-refractivity contribution in [2.75, 3.05) is 7.11 Å². The van der Waals surface area contributed by atoms with Gasteiger partial charge in [0.2, 0.25) is 6.10 Å². The molecular formula is C19H17NO5. The zero-order valence-electron chi connectivity index (χ0n) is 13.6. The first-order valence-corrected chi connectivity index (χ1v) is 7.66. The molecule has 3 rings (SSSR count). The molecule has 1 unspecified atom stereocenters. The van der Waals surface area contributed by atoms with Gasteiger partial charge in [-0.25, -0.2) is 0 Å². The van der Waals surface area contributed by atoms with Crippen molar-refractivity contribution in [2.45, 2.75) is 12.5 Å². The Hall–Kier alpha value is -3.28. The van der Waals surface area contributed by atoms with Crippen LogP contribution in [0.25, 0.3) is 11.0 Å². The summed E-state index contributed by atoms with van der Waals surface area (Å²) in [7, 11) is 1.57. The number of nitrogens with two attached hydrogens (primary N) is 1. The third kappa shape index (κ3) is 3.63. The van der Waals surface area contributed by atoms with Crippen LogP contribution in [0.4, 0.5) is 0 Å². The number of hydrogen-bond donors (Lipinski definition) is 1. The van der Waals surface area contributed by atoms with Gasteiger partial charge in [-0.3, -0.25) is 9.59 Å². The number of hydrogen-bond acceptors (Lipinski definition) is 5. The van der Waals surface area contributed by atoms with E-state index in [-0.39, 0.29) is 6.42 Å². The highest BCUT2D eigenvalue weighted by Crippen LogP contribution is 2.26. The van der Waals surface area contributed by atoms with E-state index in [0.717, 1.165) is 5.39 Å². The third-order valence-corrected chi connectivity index (χ3v) is 3.81. The van der Waals surface area contributed by atoms with Gasteiger partial charge in [0.05, 0.1) is 19.8 Å². The lowest BCUT2D eigenvalue weighted by molar-refractivity contribution is -0.154. The summed E-state index contributed by atoms with van der Waals surface area (Å²) in [5.41, 5.74) is 7.17. The molecule has 1 aromatic heterocycles. The van der Waals surface area contributed by atoms with Crippen LogP contribution in [-0.4, -0.2) is 19.0 Å². The number of carbonyl (C=O) groups excluding carboxylic acids is 2. The minimum atomic E-state index is -1.12. The van der Waals surface area contributed by atoms with Gasteiger partial charge in [0.15, 0.2) is 0 Å². The lowest BCUT2D eigenvalue weighted by Crippen LogP contribution is -2.26. The van der Waals surface area contributed by atoms with Crippen molar-refractivity contribution in [1.82, 2.24) is 0 Å². The van der Waals surface area contributed by atoms with E-state index in [2.05, 4.69) is 0 Å². The van der Waals surface area contributed by atoms with Crippen LogP contribution in [0.15, 0.2) is 59.2 Å². The fourth-order valence-corrected chi connectivity index (χ4v) is 2.57. The molecule has 0 fully saturated rings. The van der Waals surface area contributed by atoms with Gasteiger partial charge in [-0.15, -0.1) is 0 Å². The molecule has 0 aliphatic heterocycles. The molecule has 0 spiro atoms. The fraction of sp³-hybridized carbons (Fsp3) is 0.158. The number of benzene rings is 2. The van der Waals surface area contributed by atoms with Crippen molar-refractivity contribution in [1.29, 1.82) is 0 Å². The number of carbonyl (C=O) groups is 2. The number of ether oxygens (including phenoxy) is 2. The maximum atomic E-state index is 12.3. The molecule has 0 aliphatic rings. The third-order valence-electron chi connectivity index (χ3n) is 3.81. The number of primary amides is 1. The maximum absolute atomic E-state index is 12.3. The number of fused-ring (bicyclic) bond motifs is 1. The van der Waals surface area contributed by atoms with Crippen LogP contribution in [0.2, 0.25) is 0 Å². The Morgan fingerprint density at radius 2 is 1.92 bits per heavy atom. The van der Waals surface area contributed by atoms with E-state index in [1.165, 1.54) is 6.26 Å². The summed E-state index contributed by atoms with van der Waals surface area (Å²) in [6, 6.07) is 14.0. The average molecular weight is 339 g/mol. The summed E-state index contributed by atoms with van der Waals surface area (Å²) in [6.07, 6.45) is 0.343. The molecule has 1 atom stereocenters. The molecule has 0 radical (unpaired) electrons. The van der Waals surface area contributed by atoms with Gasteiger partial charge in [0, 0.05) is 22.6 Å². The molecule has 0 aliphatic carbocycles. The molecule has 2 aromatic carbocycles. The minimum absolute atomic E-state index is 0.0318. The van der Waals surface area contributed by atoms with Gasteiger partial charge in [-0.1, -0.05) is 30.3 Å². The van der Waals surface area contributed by atoms with E-state index in [1.54, 1.807) is 49.6 Å². The molecule has 2 N–H and O–H groups in total. The summed E-state index contributed by atoms with van der Waals surface area (Å²) in [6.45, 7) is 0. The van der Waals surface area contributed by atoms with Crippen molar-refractivity contribution in [2.24, 2.45) is 5.73 Å². The number of rotatable bonds is 6. The van der Waals surface area contributed by atoms with Crippen LogP contribution in [0.5, 0.6) is 5.75 Å². The fourth-order valence-electron chi connectivity index (χ4n) is 2.57. The highest BCUT2D eigenvalue weighted by Gasteiger charge is 2.23. The summed E-state index contributed by atoms with van der Waals surface area (Å²) in [5.74, 6) is -0.624. The number of amides is 1. The van der Waals surface area contributed by atoms with E-state index in [1.807, 2.05) is 6.07 Å². The smallest absolute Gasteiger partial charge is 0.311 e.